The van der Waals surface area contributed by atoms with Crippen molar-refractivity contribution >= 4 is 0 Å². The summed E-state index contributed by atoms with van der Waals surface area (Å²) >= 11 is 0. The van der Waals surface area contributed by atoms with E-state index in [1.165, 1.54) is 11.7 Å². The van der Waals surface area contributed by atoms with Gasteiger partial charge in [-0.05, 0) is 6.92 Å². The van der Waals surface area contributed by atoms with Gasteiger partial charge in [0.2, 0.25) is 5.88 Å². The topological polar surface area (TPSA) is 27.1 Å². The van der Waals surface area contributed by atoms with Crippen molar-refractivity contribution in [3.05, 3.63) is 11.8 Å². The minimum Gasteiger partial charge on any atom is -0.478 e. The molecule has 1 rings (SSSR count). The molecule has 0 saturated carbocycles. The van der Waals surface area contributed by atoms with Crippen molar-refractivity contribution in [3.8, 4) is 5.88 Å². The van der Waals surface area contributed by atoms with Gasteiger partial charge in [0.15, 0.2) is 0 Å². The molecule has 0 spiro atoms. The third-order valence-corrected chi connectivity index (χ3v) is 1.34. The maximum absolute atomic E-state index is 12.2. The first-order chi connectivity index (χ1) is 5.66. The summed E-state index contributed by atoms with van der Waals surface area (Å²) in [5.74, 6) is 0.0903. The fraction of sp³-hybridized carbons (Fsp3) is 0.571. The van der Waals surface area contributed by atoms with Gasteiger partial charge in [0.1, 0.15) is 11.8 Å². The van der Waals surface area contributed by atoms with Gasteiger partial charge in [-0.15, -0.1) is 0 Å². The number of hydrogen-bond acceptors (Lipinski definition) is 2. The summed E-state index contributed by atoms with van der Waals surface area (Å²) in [6, 6.07) is 0. The van der Waals surface area contributed by atoms with Crippen LogP contribution in [0.4, 0.5) is 8.78 Å². The standard InChI is InChI=1S/C7H9F2N2O/c1-3-12-7-5(6(8)9)4-10-11(7)2/h6H,3H2,1-2H3. The zero-order chi connectivity index (χ0) is 9.14. The summed E-state index contributed by atoms with van der Waals surface area (Å²) in [4.78, 5) is 0. The molecule has 0 aliphatic rings. The van der Waals surface area contributed by atoms with Crippen LogP contribution in [0, 0.1) is 6.20 Å². The highest BCUT2D eigenvalue weighted by Gasteiger charge is 2.18. The largest absolute Gasteiger partial charge is 0.478 e. The summed E-state index contributed by atoms with van der Waals surface area (Å²) in [5.41, 5.74) is -0.278. The Kier molecular flexibility index (Phi) is 2.62. The second-order valence-electron chi connectivity index (χ2n) is 2.19. The molecule has 12 heavy (non-hydrogen) atoms. The third kappa shape index (κ3) is 1.54. The summed E-state index contributed by atoms with van der Waals surface area (Å²) < 4.78 is 30.6. The number of aromatic nitrogens is 2. The van der Waals surface area contributed by atoms with Gasteiger partial charge in [-0.25, -0.2) is 13.5 Å². The van der Waals surface area contributed by atoms with E-state index in [1.807, 2.05) is 0 Å². The molecule has 0 aromatic carbocycles. The lowest BCUT2D eigenvalue weighted by molar-refractivity contribution is 0.144. The summed E-state index contributed by atoms with van der Waals surface area (Å²) in [6.07, 6.45) is -0.387. The molecule has 0 N–H and O–H groups in total. The first kappa shape index (κ1) is 8.96. The lowest BCUT2D eigenvalue weighted by atomic mass is 10.3. The molecule has 1 aromatic rings. The zero-order valence-electron chi connectivity index (χ0n) is 6.84. The van der Waals surface area contributed by atoms with Crippen LogP contribution in [0.5, 0.6) is 5.88 Å². The smallest absolute Gasteiger partial charge is 0.271 e. The predicted octanol–water partition coefficient (Wildman–Crippen LogP) is 1.56. The van der Waals surface area contributed by atoms with Gasteiger partial charge in [-0.1, -0.05) is 0 Å². The molecule has 1 radical (unpaired) electrons. The second kappa shape index (κ2) is 3.51. The van der Waals surface area contributed by atoms with Crippen LogP contribution in [0.25, 0.3) is 0 Å². The van der Waals surface area contributed by atoms with E-state index < -0.39 is 6.43 Å². The number of aryl methyl sites for hydroxylation is 1. The average Bonchev–Trinajstić information content (AvgIpc) is 2.34. The highest BCUT2D eigenvalue weighted by molar-refractivity contribution is 5.23. The van der Waals surface area contributed by atoms with E-state index in [0.29, 0.717) is 6.61 Å². The van der Waals surface area contributed by atoms with Gasteiger partial charge >= 0.3 is 0 Å². The molecule has 0 aliphatic carbocycles. The Balaban J connectivity index is 2.95. The highest BCUT2D eigenvalue weighted by Crippen LogP contribution is 2.27. The molecule has 1 heterocycles. The average molecular weight is 175 g/mol. The Morgan fingerprint density at radius 3 is 2.83 bits per heavy atom. The van der Waals surface area contributed by atoms with E-state index in [9.17, 15) is 8.78 Å². The lowest BCUT2D eigenvalue weighted by Gasteiger charge is -2.04. The Labute approximate surface area is 68.9 Å². The summed E-state index contributed by atoms with van der Waals surface area (Å²) in [7, 11) is 1.54. The third-order valence-electron chi connectivity index (χ3n) is 1.34. The maximum atomic E-state index is 12.2. The normalized spacial score (nSPS) is 10.8. The molecule has 1 aromatic heterocycles. The van der Waals surface area contributed by atoms with Gasteiger partial charge in [0.25, 0.3) is 6.43 Å². The first-order valence-electron chi connectivity index (χ1n) is 3.52. The van der Waals surface area contributed by atoms with Crippen molar-refractivity contribution in [2.75, 3.05) is 6.61 Å². The molecule has 0 atom stereocenters. The van der Waals surface area contributed by atoms with E-state index in [2.05, 4.69) is 11.3 Å². The monoisotopic (exact) mass is 175 g/mol. The Bertz CT molecular complexity index is 260. The minimum absolute atomic E-state index is 0.0903. The molecule has 0 fully saturated rings. The van der Waals surface area contributed by atoms with Gasteiger partial charge in [0.05, 0.1) is 6.61 Å². The van der Waals surface area contributed by atoms with Crippen molar-refractivity contribution in [2.24, 2.45) is 7.05 Å². The molecule has 0 unspecified atom stereocenters. The van der Waals surface area contributed by atoms with E-state index in [1.54, 1.807) is 6.92 Å². The van der Waals surface area contributed by atoms with Gasteiger partial charge < -0.3 is 4.74 Å². The van der Waals surface area contributed by atoms with E-state index in [4.69, 9.17) is 4.74 Å². The maximum Gasteiger partial charge on any atom is 0.271 e. The van der Waals surface area contributed by atoms with Crippen LogP contribution in [0.15, 0.2) is 0 Å². The molecule has 3 nitrogen and oxygen atoms in total. The SMILES string of the molecule is CCOc1c(C(F)F)[c]nn1C. The zero-order valence-corrected chi connectivity index (χ0v) is 6.84. The summed E-state index contributed by atoms with van der Waals surface area (Å²) in [5, 5.41) is 3.54. The number of alkyl halides is 2. The van der Waals surface area contributed by atoms with Crippen molar-refractivity contribution in [1.29, 1.82) is 0 Å². The van der Waals surface area contributed by atoms with Crippen LogP contribution in [0.2, 0.25) is 0 Å². The molecule has 0 amide bonds. The van der Waals surface area contributed by atoms with Crippen molar-refractivity contribution in [3.63, 3.8) is 0 Å². The van der Waals surface area contributed by atoms with Crippen molar-refractivity contribution in [1.82, 2.24) is 9.78 Å². The Morgan fingerprint density at radius 2 is 2.33 bits per heavy atom. The van der Waals surface area contributed by atoms with Crippen LogP contribution in [-0.2, 0) is 7.05 Å². The fourth-order valence-electron chi connectivity index (χ4n) is 0.846. The van der Waals surface area contributed by atoms with Crippen molar-refractivity contribution in [2.45, 2.75) is 13.3 Å². The van der Waals surface area contributed by atoms with E-state index >= 15 is 0 Å². The van der Waals surface area contributed by atoms with Gasteiger partial charge in [0, 0.05) is 7.05 Å². The predicted molar refractivity (Wildman–Crippen MR) is 38.2 cm³/mol. The van der Waals surface area contributed by atoms with Gasteiger partial charge in [-0.3, -0.25) is 0 Å². The molecular formula is C7H9F2N2O. The quantitative estimate of drug-likeness (QED) is 0.697. The molecule has 67 valence electrons. The molecule has 0 saturated heterocycles. The molecule has 0 aliphatic heterocycles. The van der Waals surface area contributed by atoms with Crippen LogP contribution in [0.1, 0.15) is 18.9 Å². The van der Waals surface area contributed by atoms with Crippen LogP contribution >= 0.6 is 0 Å². The Hall–Kier alpha value is -1.13. The van der Waals surface area contributed by atoms with Crippen LogP contribution in [0.3, 0.4) is 0 Å². The number of halogens is 2. The van der Waals surface area contributed by atoms with Crippen LogP contribution < -0.4 is 4.74 Å². The highest BCUT2D eigenvalue weighted by atomic mass is 19.3. The lowest BCUT2D eigenvalue weighted by Crippen LogP contribution is -2.01. The van der Waals surface area contributed by atoms with E-state index in [0.717, 1.165) is 0 Å². The van der Waals surface area contributed by atoms with Crippen LogP contribution in [-0.4, -0.2) is 16.4 Å². The molecule has 5 heteroatoms. The number of hydrogen-bond donors (Lipinski definition) is 0. The number of nitrogens with zero attached hydrogens (tertiary/aromatic N) is 2. The summed E-state index contributed by atoms with van der Waals surface area (Å²) in [6.45, 7) is 2.06. The second-order valence-corrected chi connectivity index (χ2v) is 2.19. The number of ether oxygens (including phenoxy) is 1. The Morgan fingerprint density at radius 1 is 1.67 bits per heavy atom. The minimum atomic E-state index is -2.58. The molecule has 0 bridgehead atoms. The van der Waals surface area contributed by atoms with Gasteiger partial charge in [-0.2, -0.15) is 5.10 Å². The van der Waals surface area contributed by atoms with Crippen molar-refractivity contribution < 1.29 is 13.5 Å². The first-order valence-corrected chi connectivity index (χ1v) is 3.52. The molecular weight excluding hydrogens is 166 g/mol. The fourth-order valence-corrected chi connectivity index (χ4v) is 0.846. The van der Waals surface area contributed by atoms with E-state index in [-0.39, 0.29) is 11.4 Å². The number of rotatable bonds is 3.